The van der Waals surface area contributed by atoms with Crippen LogP contribution in [0.15, 0.2) is 35.2 Å². The number of ketones is 1. The van der Waals surface area contributed by atoms with Gasteiger partial charge in [-0.2, -0.15) is 0 Å². The van der Waals surface area contributed by atoms with Crippen LogP contribution in [0.3, 0.4) is 0 Å². The van der Waals surface area contributed by atoms with Crippen LogP contribution < -0.4 is 4.74 Å². The van der Waals surface area contributed by atoms with Gasteiger partial charge in [0.05, 0.1) is 30.4 Å². The normalized spacial score (nSPS) is 23.4. The quantitative estimate of drug-likeness (QED) is 0.444. The lowest BCUT2D eigenvalue weighted by Crippen LogP contribution is -2.36. The molecule has 0 aliphatic carbocycles. The Morgan fingerprint density at radius 3 is 2.77 bits per heavy atom. The number of hydrogen-bond donors (Lipinski definition) is 1. The van der Waals surface area contributed by atoms with Crippen molar-refractivity contribution >= 4 is 28.8 Å². The summed E-state index contributed by atoms with van der Waals surface area (Å²) >= 11 is 1.46. The van der Waals surface area contributed by atoms with Crippen molar-refractivity contribution in [1.29, 1.82) is 0 Å². The Morgan fingerprint density at radius 2 is 2.13 bits per heavy atom. The number of nitrogens with zero attached hydrogens (tertiary/aromatic N) is 1. The number of likely N-dealkylation sites (tertiary alicyclic amines) is 1. The van der Waals surface area contributed by atoms with Gasteiger partial charge in [-0.05, 0) is 55.3 Å². The lowest BCUT2D eigenvalue weighted by Gasteiger charge is -2.26. The molecule has 30 heavy (non-hydrogen) atoms. The van der Waals surface area contributed by atoms with Gasteiger partial charge < -0.3 is 19.5 Å². The second-order valence-corrected chi connectivity index (χ2v) is 8.74. The standard InChI is InChI=1S/C23H25NO5S/c1-13-10-14(2)22(28-3)16(11-13)20(25)18-19(17-7-5-9-30-17)24(23(27)21(18)26)12-15-6-4-8-29-15/h5,7,9-11,15,19,25H,4,6,8,12H2,1-3H3/b20-18-. The largest absolute Gasteiger partial charge is 0.507 e. The molecule has 1 amide bonds. The first-order valence-electron chi connectivity index (χ1n) is 10.0. The summed E-state index contributed by atoms with van der Waals surface area (Å²) in [7, 11) is 1.53. The minimum absolute atomic E-state index is 0.0959. The van der Waals surface area contributed by atoms with E-state index in [9.17, 15) is 14.7 Å². The van der Waals surface area contributed by atoms with Gasteiger partial charge in [0, 0.05) is 18.0 Å². The highest BCUT2D eigenvalue weighted by molar-refractivity contribution is 7.10. The van der Waals surface area contributed by atoms with Gasteiger partial charge in [-0.15, -0.1) is 11.3 Å². The van der Waals surface area contributed by atoms with Crippen molar-refractivity contribution < 1.29 is 24.2 Å². The van der Waals surface area contributed by atoms with Gasteiger partial charge in [0.2, 0.25) is 0 Å². The monoisotopic (exact) mass is 427 g/mol. The highest BCUT2D eigenvalue weighted by Crippen LogP contribution is 2.43. The van der Waals surface area contributed by atoms with E-state index in [0.29, 0.717) is 24.5 Å². The molecule has 1 aromatic heterocycles. The molecule has 4 rings (SSSR count). The molecule has 1 aromatic carbocycles. The van der Waals surface area contributed by atoms with Gasteiger partial charge in [-0.3, -0.25) is 9.59 Å². The van der Waals surface area contributed by atoms with E-state index in [1.54, 1.807) is 11.0 Å². The number of aryl methyl sites for hydroxylation is 2. The number of aliphatic hydroxyl groups is 1. The number of amides is 1. The van der Waals surface area contributed by atoms with Gasteiger partial charge in [0.1, 0.15) is 11.5 Å². The Bertz CT molecular complexity index is 1000. The topological polar surface area (TPSA) is 76.1 Å². The van der Waals surface area contributed by atoms with Gasteiger partial charge in [0.15, 0.2) is 0 Å². The first-order valence-corrected chi connectivity index (χ1v) is 10.9. The van der Waals surface area contributed by atoms with E-state index in [1.807, 2.05) is 37.4 Å². The molecule has 2 saturated heterocycles. The minimum atomic E-state index is -0.676. The molecule has 2 fully saturated rings. The Hall–Kier alpha value is -2.64. The summed E-state index contributed by atoms with van der Waals surface area (Å²) in [5, 5.41) is 13.2. The highest BCUT2D eigenvalue weighted by atomic mass is 32.1. The number of ether oxygens (including phenoxy) is 2. The fraction of sp³-hybridized carbons (Fsp3) is 0.391. The summed E-state index contributed by atoms with van der Waals surface area (Å²) in [6, 6.07) is 6.85. The number of thiophene rings is 1. The average Bonchev–Trinajstić information content (AvgIpc) is 3.46. The molecule has 2 aliphatic rings. The van der Waals surface area contributed by atoms with Crippen LogP contribution in [0.2, 0.25) is 0 Å². The molecule has 2 unspecified atom stereocenters. The molecule has 1 N–H and O–H groups in total. The average molecular weight is 428 g/mol. The number of methoxy groups -OCH3 is 1. The molecule has 158 valence electrons. The Labute approximate surface area is 179 Å². The number of carbonyl (C=O) groups excluding carboxylic acids is 2. The number of Topliss-reactive ketones (excluding diaryl/α,β-unsaturated/α-hetero) is 1. The second kappa shape index (κ2) is 8.24. The molecule has 7 heteroatoms. The number of carbonyl (C=O) groups is 2. The molecule has 6 nitrogen and oxygen atoms in total. The van der Waals surface area contributed by atoms with Crippen LogP contribution in [0.25, 0.3) is 5.76 Å². The zero-order chi connectivity index (χ0) is 21.4. The molecule has 0 saturated carbocycles. The van der Waals surface area contributed by atoms with Crippen molar-refractivity contribution in [2.75, 3.05) is 20.3 Å². The van der Waals surface area contributed by atoms with Crippen molar-refractivity contribution in [2.45, 2.75) is 38.8 Å². The van der Waals surface area contributed by atoms with E-state index < -0.39 is 17.7 Å². The van der Waals surface area contributed by atoms with Crippen molar-refractivity contribution in [3.05, 3.63) is 56.8 Å². The maximum absolute atomic E-state index is 13.1. The van der Waals surface area contributed by atoms with E-state index in [-0.39, 0.29) is 17.4 Å². The predicted octanol–water partition coefficient (Wildman–Crippen LogP) is 3.97. The van der Waals surface area contributed by atoms with Crippen LogP contribution in [0.1, 0.15) is 40.5 Å². The van der Waals surface area contributed by atoms with Crippen molar-refractivity contribution in [3.8, 4) is 5.75 Å². The van der Waals surface area contributed by atoms with Crippen LogP contribution >= 0.6 is 11.3 Å². The van der Waals surface area contributed by atoms with E-state index in [4.69, 9.17) is 9.47 Å². The van der Waals surface area contributed by atoms with Gasteiger partial charge in [-0.25, -0.2) is 0 Å². The molecule has 3 heterocycles. The maximum atomic E-state index is 13.1. The highest BCUT2D eigenvalue weighted by Gasteiger charge is 2.47. The fourth-order valence-electron chi connectivity index (χ4n) is 4.36. The van der Waals surface area contributed by atoms with Crippen LogP contribution in [0.5, 0.6) is 5.75 Å². The minimum Gasteiger partial charge on any atom is -0.507 e. The van der Waals surface area contributed by atoms with E-state index in [0.717, 1.165) is 28.8 Å². The Kier molecular flexibility index (Phi) is 5.66. The number of hydrogen-bond acceptors (Lipinski definition) is 6. The first-order chi connectivity index (χ1) is 14.4. The van der Waals surface area contributed by atoms with Crippen molar-refractivity contribution in [3.63, 3.8) is 0 Å². The SMILES string of the molecule is COc1c(C)cc(C)cc1/C(O)=C1/C(=O)C(=O)N(CC2CCCO2)C1c1cccs1. The molecular weight excluding hydrogens is 402 g/mol. The predicted molar refractivity (Wildman–Crippen MR) is 115 cm³/mol. The lowest BCUT2D eigenvalue weighted by molar-refractivity contribution is -0.140. The summed E-state index contributed by atoms with van der Waals surface area (Å²) in [4.78, 5) is 28.5. The summed E-state index contributed by atoms with van der Waals surface area (Å²) in [5.41, 5.74) is 2.30. The summed E-state index contributed by atoms with van der Waals surface area (Å²) in [5.74, 6) is -0.988. The molecule has 2 aliphatic heterocycles. The molecule has 0 spiro atoms. The number of rotatable bonds is 5. The van der Waals surface area contributed by atoms with Gasteiger partial charge in [0.25, 0.3) is 11.7 Å². The van der Waals surface area contributed by atoms with E-state index in [2.05, 4.69) is 0 Å². The van der Waals surface area contributed by atoms with Crippen molar-refractivity contribution in [1.82, 2.24) is 4.90 Å². The van der Waals surface area contributed by atoms with Crippen molar-refractivity contribution in [2.24, 2.45) is 0 Å². The molecular formula is C23H25NO5S. The van der Waals surface area contributed by atoms with Crippen LogP contribution in [0.4, 0.5) is 0 Å². The smallest absolute Gasteiger partial charge is 0.295 e. The summed E-state index contributed by atoms with van der Waals surface area (Å²) < 4.78 is 11.2. The molecule has 0 radical (unpaired) electrons. The lowest BCUT2D eigenvalue weighted by atomic mass is 9.96. The summed E-state index contributed by atoms with van der Waals surface area (Å²) in [6.07, 6.45) is 1.70. The Balaban J connectivity index is 1.86. The number of benzene rings is 1. The maximum Gasteiger partial charge on any atom is 0.295 e. The molecule has 2 aromatic rings. The molecule has 2 atom stereocenters. The van der Waals surface area contributed by atoms with E-state index in [1.165, 1.54) is 18.4 Å². The zero-order valence-electron chi connectivity index (χ0n) is 17.3. The zero-order valence-corrected chi connectivity index (χ0v) is 18.1. The van der Waals surface area contributed by atoms with Gasteiger partial charge in [-0.1, -0.05) is 12.1 Å². The van der Waals surface area contributed by atoms with Crippen LogP contribution in [-0.2, 0) is 14.3 Å². The van der Waals surface area contributed by atoms with E-state index >= 15 is 0 Å². The number of aliphatic hydroxyl groups excluding tert-OH is 1. The molecule has 0 bridgehead atoms. The fourth-order valence-corrected chi connectivity index (χ4v) is 5.21. The van der Waals surface area contributed by atoms with Crippen LogP contribution in [-0.4, -0.2) is 48.1 Å². The third-order valence-electron chi connectivity index (χ3n) is 5.66. The van der Waals surface area contributed by atoms with Gasteiger partial charge >= 0.3 is 0 Å². The third-order valence-corrected chi connectivity index (χ3v) is 6.58. The third kappa shape index (κ3) is 3.52. The Morgan fingerprint density at radius 1 is 1.33 bits per heavy atom. The second-order valence-electron chi connectivity index (χ2n) is 7.76. The first kappa shape index (κ1) is 20.6. The summed E-state index contributed by atoms with van der Waals surface area (Å²) in [6.45, 7) is 4.79. The van der Waals surface area contributed by atoms with Crippen LogP contribution in [0, 0.1) is 13.8 Å².